The lowest BCUT2D eigenvalue weighted by Crippen LogP contribution is -2.48. The molecule has 128 valence electrons. The second-order valence-corrected chi connectivity index (χ2v) is 6.55. The van der Waals surface area contributed by atoms with Gasteiger partial charge in [0.15, 0.2) is 0 Å². The van der Waals surface area contributed by atoms with E-state index >= 15 is 0 Å². The number of hydrogen-bond donors (Lipinski definition) is 1. The molecular formula is C17H17BrF2N2O2. The number of ether oxygens (including phenoxy) is 1. The fourth-order valence-electron chi connectivity index (χ4n) is 2.72. The number of benzene rings is 1. The lowest BCUT2D eigenvalue weighted by molar-refractivity contribution is -0.118. The molecule has 24 heavy (non-hydrogen) atoms. The summed E-state index contributed by atoms with van der Waals surface area (Å²) in [5, 5.41) is 12.1. The molecule has 0 aliphatic heterocycles. The number of amides is 1. The number of carbonyl (C=O) groups is 1. The Labute approximate surface area is 147 Å². The van der Waals surface area contributed by atoms with Crippen molar-refractivity contribution in [2.24, 2.45) is 0 Å². The van der Waals surface area contributed by atoms with Crippen molar-refractivity contribution in [2.75, 3.05) is 0 Å². The number of halogens is 3. The number of carbonyl (C=O) groups excluding carboxylic acids is 1. The molecule has 2 rings (SSSR count). The summed E-state index contributed by atoms with van der Waals surface area (Å²) >= 11 is 3.25. The summed E-state index contributed by atoms with van der Waals surface area (Å²) in [6.45, 7) is -2.95. The normalized spacial score (nSPS) is 16.8. The molecule has 1 aromatic rings. The largest absolute Gasteiger partial charge is 0.434 e. The first kappa shape index (κ1) is 18.4. The van der Waals surface area contributed by atoms with E-state index in [1.54, 1.807) is 12.1 Å². The number of alkyl halides is 2. The molecule has 1 saturated carbocycles. The van der Waals surface area contributed by atoms with Gasteiger partial charge in [0.05, 0.1) is 6.07 Å². The van der Waals surface area contributed by atoms with Gasteiger partial charge in [0.1, 0.15) is 11.3 Å². The van der Waals surface area contributed by atoms with Crippen LogP contribution in [0.15, 0.2) is 28.7 Å². The molecule has 0 unspecified atom stereocenters. The van der Waals surface area contributed by atoms with Crippen LogP contribution in [0.5, 0.6) is 5.75 Å². The van der Waals surface area contributed by atoms with Crippen molar-refractivity contribution >= 4 is 27.9 Å². The predicted molar refractivity (Wildman–Crippen MR) is 89.4 cm³/mol. The number of hydrogen-bond acceptors (Lipinski definition) is 3. The van der Waals surface area contributed by atoms with Gasteiger partial charge in [-0.25, -0.2) is 0 Å². The number of nitrogens with zero attached hydrogens (tertiary/aromatic N) is 1. The minimum Gasteiger partial charge on any atom is -0.434 e. The molecule has 1 aliphatic rings. The molecule has 0 radical (unpaired) electrons. The molecular weight excluding hydrogens is 382 g/mol. The Morgan fingerprint density at radius 1 is 1.38 bits per heavy atom. The third-order valence-corrected chi connectivity index (χ3v) is 4.38. The molecule has 0 atom stereocenters. The van der Waals surface area contributed by atoms with E-state index < -0.39 is 18.1 Å². The lowest BCUT2D eigenvalue weighted by atomic mass is 9.83. The summed E-state index contributed by atoms with van der Waals surface area (Å²) in [6.07, 6.45) is 6.73. The Hall–Kier alpha value is -1.94. The van der Waals surface area contributed by atoms with Gasteiger partial charge in [-0.3, -0.25) is 4.79 Å². The topological polar surface area (TPSA) is 62.1 Å². The molecule has 1 aromatic carbocycles. The van der Waals surface area contributed by atoms with Gasteiger partial charge in [-0.2, -0.15) is 14.0 Å². The molecule has 1 aliphatic carbocycles. The summed E-state index contributed by atoms with van der Waals surface area (Å²) in [4.78, 5) is 12.1. The van der Waals surface area contributed by atoms with Crippen LogP contribution in [-0.2, 0) is 4.79 Å². The zero-order chi connectivity index (χ0) is 17.6. The van der Waals surface area contributed by atoms with Gasteiger partial charge >= 0.3 is 6.61 Å². The molecule has 0 spiro atoms. The van der Waals surface area contributed by atoms with E-state index in [1.165, 1.54) is 18.2 Å². The molecule has 0 bridgehead atoms. The van der Waals surface area contributed by atoms with Crippen LogP contribution in [0.2, 0.25) is 0 Å². The quantitative estimate of drug-likeness (QED) is 0.747. The van der Waals surface area contributed by atoms with Crippen molar-refractivity contribution in [1.82, 2.24) is 5.32 Å². The first-order valence-electron chi connectivity index (χ1n) is 7.60. The molecule has 1 amide bonds. The van der Waals surface area contributed by atoms with E-state index in [1.807, 2.05) is 0 Å². The van der Waals surface area contributed by atoms with Crippen LogP contribution in [0.25, 0.3) is 6.08 Å². The number of nitrogens with one attached hydrogen (secondary N) is 1. The molecule has 0 aromatic heterocycles. The van der Waals surface area contributed by atoms with Gasteiger partial charge in [-0.05, 0) is 37.1 Å². The minimum atomic E-state index is -2.95. The SMILES string of the molecule is N#CC1(NC(=O)/C=C/c2cc(Br)ccc2OC(F)F)CCCCC1. The van der Waals surface area contributed by atoms with Crippen molar-refractivity contribution in [2.45, 2.75) is 44.3 Å². The Kier molecular flexibility index (Phi) is 6.32. The highest BCUT2D eigenvalue weighted by Gasteiger charge is 2.32. The van der Waals surface area contributed by atoms with E-state index in [0.717, 1.165) is 19.3 Å². The van der Waals surface area contributed by atoms with Gasteiger partial charge in [0, 0.05) is 16.1 Å². The molecule has 7 heteroatoms. The summed E-state index contributed by atoms with van der Waals surface area (Å²) in [6, 6.07) is 6.73. The standard InChI is InChI=1S/C17H17BrF2N2O2/c18-13-5-6-14(24-16(19)20)12(10-13)4-7-15(23)22-17(11-21)8-2-1-3-9-17/h4-7,10,16H,1-3,8-9H2,(H,22,23)/b7-4+. The van der Waals surface area contributed by atoms with E-state index in [2.05, 4.69) is 32.1 Å². The molecule has 1 N–H and O–H groups in total. The van der Waals surface area contributed by atoms with E-state index in [0.29, 0.717) is 22.9 Å². The number of nitriles is 1. The summed E-state index contributed by atoms with van der Waals surface area (Å²) in [5.41, 5.74) is -0.492. The average molecular weight is 399 g/mol. The summed E-state index contributed by atoms with van der Waals surface area (Å²) in [7, 11) is 0. The molecule has 0 saturated heterocycles. The van der Waals surface area contributed by atoms with Crippen LogP contribution < -0.4 is 10.1 Å². The maximum absolute atomic E-state index is 12.4. The van der Waals surface area contributed by atoms with Gasteiger partial charge in [0.25, 0.3) is 0 Å². The lowest BCUT2D eigenvalue weighted by Gasteiger charge is -2.31. The van der Waals surface area contributed by atoms with E-state index in [4.69, 9.17) is 0 Å². The third-order valence-electron chi connectivity index (χ3n) is 3.89. The summed E-state index contributed by atoms with van der Waals surface area (Å²) < 4.78 is 30.0. The van der Waals surface area contributed by atoms with Crippen LogP contribution in [0.4, 0.5) is 8.78 Å². The summed E-state index contributed by atoms with van der Waals surface area (Å²) in [5.74, 6) is -0.452. The Balaban J connectivity index is 2.11. The Morgan fingerprint density at radius 3 is 2.71 bits per heavy atom. The maximum atomic E-state index is 12.4. The van der Waals surface area contributed by atoms with Crippen molar-refractivity contribution in [3.63, 3.8) is 0 Å². The van der Waals surface area contributed by atoms with Crippen molar-refractivity contribution in [3.05, 3.63) is 34.3 Å². The maximum Gasteiger partial charge on any atom is 0.387 e. The second kappa shape index (κ2) is 8.25. The first-order chi connectivity index (χ1) is 11.4. The smallest absolute Gasteiger partial charge is 0.387 e. The van der Waals surface area contributed by atoms with Crippen LogP contribution in [0.1, 0.15) is 37.7 Å². The highest BCUT2D eigenvalue weighted by Crippen LogP contribution is 2.28. The first-order valence-corrected chi connectivity index (χ1v) is 8.39. The molecule has 1 fully saturated rings. The van der Waals surface area contributed by atoms with Gasteiger partial charge in [-0.15, -0.1) is 0 Å². The Bertz CT molecular complexity index is 665. The molecule has 4 nitrogen and oxygen atoms in total. The number of rotatable bonds is 5. The minimum absolute atomic E-state index is 0.0232. The second-order valence-electron chi connectivity index (χ2n) is 5.64. The third kappa shape index (κ3) is 5.03. The van der Waals surface area contributed by atoms with Crippen LogP contribution in [0, 0.1) is 11.3 Å². The fraction of sp³-hybridized carbons (Fsp3) is 0.412. The monoisotopic (exact) mass is 398 g/mol. The van der Waals surface area contributed by atoms with Crippen molar-refractivity contribution in [1.29, 1.82) is 5.26 Å². The van der Waals surface area contributed by atoms with E-state index in [-0.39, 0.29) is 5.75 Å². The van der Waals surface area contributed by atoms with Gasteiger partial charge in [0.2, 0.25) is 5.91 Å². The van der Waals surface area contributed by atoms with Crippen LogP contribution in [-0.4, -0.2) is 18.1 Å². The zero-order valence-electron chi connectivity index (χ0n) is 12.9. The zero-order valence-corrected chi connectivity index (χ0v) is 14.5. The highest BCUT2D eigenvalue weighted by molar-refractivity contribution is 9.10. The van der Waals surface area contributed by atoms with E-state index in [9.17, 15) is 18.8 Å². The average Bonchev–Trinajstić information content (AvgIpc) is 2.55. The van der Waals surface area contributed by atoms with Crippen LogP contribution >= 0.6 is 15.9 Å². The van der Waals surface area contributed by atoms with Crippen LogP contribution in [0.3, 0.4) is 0 Å². The molecule has 0 heterocycles. The van der Waals surface area contributed by atoms with Gasteiger partial charge < -0.3 is 10.1 Å². The van der Waals surface area contributed by atoms with Crippen molar-refractivity contribution in [3.8, 4) is 11.8 Å². The Morgan fingerprint density at radius 2 is 2.08 bits per heavy atom. The predicted octanol–water partition coefficient (Wildman–Crippen LogP) is 4.41. The van der Waals surface area contributed by atoms with Crippen molar-refractivity contribution < 1.29 is 18.3 Å². The highest BCUT2D eigenvalue weighted by atomic mass is 79.9. The van der Waals surface area contributed by atoms with Gasteiger partial charge in [-0.1, -0.05) is 35.2 Å². The fourth-order valence-corrected chi connectivity index (χ4v) is 3.09.